The fourth-order valence-electron chi connectivity index (χ4n) is 0.612. The molecule has 0 aliphatic heterocycles. The van der Waals surface area contributed by atoms with E-state index in [4.69, 9.17) is 9.88 Å². The molecule has 0 rings (SSSR count). The molecule has 0 aliphatic carbocycles. The van der Waals surface area contributed by atoms with Gasteiger partial charge in [-0.3, -0.25) is 0 Å². The number of hydrogen-bond donors (Lipinski definition) is 1. The van der Waals surface area contributed by atoms with Gasteiger partial charge in [-0.05, 0) is 6.42 Å². The predicted octanol–water partition coefficient (Wildman–Crippen LogP) is -0.300. The minimum Gasteiger partial charge on any atom is -0.380 e. The van der Waals surface area contributed by atoms with Gasteiger partial charge in [0.1, 0.15) is 0 Å². The van der Waals surface area contributed by atoms with E-state index in [2.05, 4.69) is 0 Å². The molecular formula is C5H13NO3S. The average molecular weight is 167 g/mol. The molecule has 0 radical (unpaired) electrons. The normalized spacial score (nSPS) is 15.1. The summed E-state index contributed by atoms with van der Waals surface area (Å²) in [5.41, 5.74) is 0. The second-order valence-electron chi connectivity index (χ2n) is 2.10. The number of ether oxygens (including phenoxy) is 1. The van der Waals surface area contributed by atoms with E-state index in [0.29, 0.717) is 6.42 Å². The summed E-state index contributed by atoms with van der Waals surface area (Å²) >= 11 is 0. The summed E-state index contributed by atoms with van der Waals surface area (Å²) in [4.78, 5) is 0. The molecule has 0 aliphatic rings. The standard InChI is InChI=1S/C5H13NO3S/c1-3-5(9-2)4-10(6,7)8/h5H,3-4H2,1-2H3,(H2,6,7,8). The van der Waals surface area contributed by atoms with Crippen LogP contribution in [0.3, 0.4) is 0 Å². The van der Waals surface area contributed by atoms with Crippen LogP contribution in [-0.4, -0.2) is 27.4 Å². The van der Waals surface area contributed by atoms with Crippen LogP contribution < -0.4 is 5.14 Å². The molecular weight excluding hydrogens is 154 g/mol. The van der Waals surface area contributed by atoms with Gasteiger partial charge in [-0.1, -0.05) is 6.92 Å². The molecule has 4 nitrogen and oxygen atoms in total. The molecule has 0 heterocycles. The van der Waals surface area contributed by atoms with E-state index in [1.807, 2.05) is 6.92 Å². The molecule has 1 atom stereocenters. The molecule has 0 bridgehead atoms. The van der Waals surface area contributed by atoms with Crippen molar-refractivity contribution in [3.8, 4) is 0 Å². The Morgan fingerprint density at radius 3 is 2.20 bits per heavy atom. The van der Waals surface area contributed by atoms with Crippen molar-refractivity contribution in [2.75, 3.05) is 12.9 Å². The first-order chi connectivity index (χ1) is 4.49. The van der Waals surface area contributed by atoms with Crippen molar-refractivity contribution in [2.24, 2.45) is 5.14 Å². The Hall–Kier alpha value is -0.130. The van der Waals surface area contributed by atoms with Gasteiger partial charge in [0.05, 0.1) is 11.9 Å². The summed E-state index contributed by atoms with van der Waals surface area (Å²) in [6.45, 7) is 1.85. The molecule has 0 aromatic heterocycles. The monoisotopic (exact) mass is 167 g/mol. The number of methoxy groups -OCH3 is 1. The fraction of sp³-hybridized carbons (Fsp3) is 1.00. The topological polar surface area (TPSA) is 69.4 Å². The number of sulfonamides is 1. The Kier molecular flexibility index (Phi) is 3.85. The summed E-state index contributed by atoms with van der Waals surface area (Å²) in [5, 5.41) is 4.78. The smallest absolute Gasteiger partial charge is 0.211 e. The zero-order valence-corrected chi connectivity index (χ0v) is 7.02. The van der Waals surface area contributed by atoms with E-state index < -0.39 is 10.0 Å². The molecule has 0 saturated heterocycles. The summed E-state index contributed by atoms with van der Waals surface area (Å²) in [5.74, 6) is -0.0972. The van der Waals surface area contributed by atoms with Gasteiger partial charge in [0, 0.05) is 7.11 Å². The van der Waals surface area contributed by atoms with Crippen molar-refractivity contribution in [2.45, 2.75) is 19.4 Å². The van der Waals surface area contributed by atoms with E-state index >= 15 is 0 Å². The summed E-state index contributed by atoms with van der Waals surface area (Å²) in [6.07, 6.45) is 0.391. The van der Waals surface area contributed by atoms with Gasteiger partial charge >= 0.3 is 0 Å². The maximum atomic E-state index is 10.5. The van der Waals surface area contributed by atoms with Gasteiger partial charge in [-0.15, -0.1) is 0 Å². The molecule has 5 heteroatoms. The SMILES string of the molecule is CCC(CS(N)(=O)=O)OC. The molecule has 0 saturated carbocycles. The minimum atomic E-state index is -3.37. The van der Waals surface area contributed by atoms with Crippen molar-refractivity contribution in [1.29, 1.82) is 0 Å². The van der Waals surface area contributed by atoms with Gasteiger partial charge in [0.25, 0.3) is 0 Å². The highest BCUT2D eigenvalue weighted by molar-refractivity contribution is 7.89. The summed E-state index contributed by atoms with van der Waals surface area (Å²) in [6, 6.07) is 0. The molecule has 62 valence electrons. The molecule has 2 N–H and O–H groups in total. The van der Waals surface area contributed by atoms with Crippen molar-refractivity contribution in [1.82, 2.24) is 0 Å². The zero-order valence-electron chi connectivity index (χ0n) is 6.20. The van der Waals surface area contributed by atoms with Crippen molar-refractivity contribution in [3.63, 3.8) is 0 Å². The molecule has 0 aromatic rings. The Morgan fingerprint density at radius 2 is 2.10 bits per heavy atom. The Morgan fingerprint density at radius 1 is 1.60 bits per heavy atom. The molecule has 10 heavy (non-hydrogen) atoms. The molecule has 0 aromatic carbocycles. The van der Waals surface area contributed by atoms with Crippen molar-refractivity contribution < 1.29 is 13.2 Å². The van der Waals surface area contributed by atoms with Crippen LogP contribution in [0.2, 0.25) is 0 Å². The van der Waals surface area contributed by atoms with Crippen molar-refractivity contribution >= 4 is 10.0 Å². The maximum Gasteiger partial charge on any atom is 0.211 e. The zero-order chi connectivity index (χ0) is 8.20. The van der Waals surface area contributed by atoms with Crippen LogP contribution in [0.1, 0.15) is 13.3 Å². The van der Waals surface area contributed by atoms with Gasteiger partial charge in [0.2, 0.25) is 10.0 Å². The Labute approximate surface area is 61.4 Å². The first-order valence-corrected chi connectivity index (χ1v) is 4.74. The lowest BCUT2D eigenvalue weighted by Gasteiger charge is -2.09. The second-order valence-corrected chi connectivity index (χ2v) is 3.75. The van der Waals surface area contributed by atoms with E-state index in [1.54, 1.807) is 0 Å². The average Bonchev–Trinajstić information content (AvgIpc) is 1.81. The lowest BCUT2D eigenvalue weighted by Crippen LogP contribution is -2.27. The minimum absolute atomic E-state index is 0.0972. The van der Waals surface area contributed by atoms with Gasteiger partial charge in [0.15, 0.2) is 0 Å². The number of nitrogens with two attached hydrogens (primary N) is 1. The highest BCUT2D eigenvalue weighted by Gasteiger charge is 2.11. The lowest BCUT2D eigenvalue weighted by atomic mass is 10.3. The van der Waals surface area contributed by atoms with Gasteiger partial charge in [-0.25, -0.2) is 13.6 Å². The Balaban J connectivity index is 3.87. The van der Waals surface area contributed by atoms with Crippen LogP contribution >= 0.6 is 0 Å². The molecule has 0 spiro atoms. The molecule has 0 amide bonds. The van der Waals surface area contributed by atoms with E-state index in [-0.39, 0.29) is 11.9 Å². The first-order valence-electron chi connectivity index (χ1n) is 3.03. The molecule has 1 unspecified atom stereocenters. The van der Waals surface area contributed by atoms with E-state index in [9.17, 15) is 8.42 Å². The van der Waals surface area contributed by atoms with Crippen LogP contribution in [0.4, 0.5) is 0 Å². The third-order valence-corrected chi connectivity index (χ3v) is 2.04. The maximum absolute atomic E-state index is 10.5. The van der Waals surface area contributed by atoms with Crippen LogP contribution in [0.15, 0.2) is 0 Å². The molecule has 0 fully saturated rings. The first kappa shape index (κ1) is 9.87. The fourth-order valence-corrected chi connectivity index (χ4v) is 1.50. The van der Waals surface area contributed by atoms with Crippen LogP contribution in [0.25, 0.3) is 0 Å². The summed E-state index contributed by atoms with van der Waals surface area (Å²) in [7, 11) is -1.90. The van der Waals surface area contributed by atoms with E-state index in [1.165, 1.54) is 7.11 Å². The van der Waals surface area contributed by atoms with Crippen LogP contribution in [0, 0.1) is 0 Å². The van der Waals surface area contributed by atoms with Gasteiger partial charge in [-0.2, -0.15) is 0 Å². The number of rotatable bonds is 4. The van der Waals surface area contributed by atoms with Crippen LogP contribution in [0.5, 0.6) is 0 Å². The quantitative estimate of drug-likeness (QED) is 0.625. The van der Waals surface area contributed by atoms with Crippen molar-refractivity contribution in [3.05, 3.63) is 0 Å². The lowest BCUT2D eigenvalue weighted by molar-refractivity contribution is 0.117. The van der Waals surface area contributed by atoms with Crippen LogP contribution in [-0.2, 0) is 14.8 Å². The second kappa shape index (κ2) is 3.90. The third-order valence-electron chi connectivity index (χ3n) is 1.21. The third kappa shape index (κ3) is 4.72. The van der Waals surface area contributed by atoms with Gasteiger partial charge < -0.3 is 4.74 Å². The van der Waals surface area contributed by atoms with E-state index in [0.717, 1.165) is 0 Å². The highest BCUT2D eigenvalue weighted by atomic mass is 32.2. The summed E-state index contributed by atoms with van der Waals surface area (Å²) < 4.78 is 25.7. The predicted molar refractivity (Wildman–Crippen MR) is 39.1 cm³/mol. The largest absolute Gasteiger partial charge is 0.380 e. The Bertz CT molecular complexity index is 171. The number of primary sulfonamides is 1. The number of hydrogen-bond acceptors (Lipinski definition) is 3. The highest BCUT2D eigenvalue weighted by Crippen LogP contribution is 1.97.